The highest BCUT2D eigenvalue weighted by Gasteiger charge is 2.10. The molecule has 1 aromatic heterocycles. The van der Waals surface area contributed by atoms with Crippen LogP contribution in [0.4, 0.5) is 5.69 Å². The van der Waals surface area contributed by atoms with Crippen molar-refractivity contribution >= 4 is 29.0 Å². The lowest BCUT2D eigenvalue weighted by Gasteiger charge is -2.03. The fourth-order valence-corrected chi connectivity index (χ4v) is 3.06. The van der Waals surface area contributed by atoms with Gasteiger partial charge < -0.3 is 9.15 Å². The van der Waals surface area contributed by atoms with Gasteiger partial charge in [0.05, 0.1) is 18.4 Å². The Morgan fingerprint density at radius 3 is 2.55 bits per heavy atom. The third kappa shape index (κ3) is 3.94. The van der Waals surface area contributed by atoms with Crippen molar-refractivity contribution in [2.24, 2.45) is 4.99 Å². The quantitative estimate of drug-likeness (QED) is 0.337. The third-order valence-electron chi connectivity index (χ3n) is 4.67. The van der Waals surface area contributed by atoms with Gasteiger partial charge in [0.2, 0.25) is 5.89 Å². The maximum atomic E-state index is 11.5. The highest BCUT2D eigenvalue weighted by molar-refractivity contribution is 5.91. The zero-order valence-electron chi connectivity index (χ0n) is 16.5. The standard InChI is InChI=1S/C24H20N2O3/c1-15-4-11-22-21(12-15)26-23(29-22)19-9-10-20(16(2)13-19)25-14-17-5-7-18(8-6-17)24(27)28-3/h4-14H,1-3H3. The van der Waals surface area contributed by atoms with Crippen molar-refractivity contribution in [3.05, 3.63) is 82.9 Å². The Morgan fingerprint density at radius 1 is 1.03 bits per heavy atom. The molecule has 0 spiro atoms. The lowest BCUT2D eigenvalue weighted by Crippen LogP contribution is -2.00. The van der Waals surface area contributed by atoms with Crippen LogP contribution in [0.3, 0.4) is 0 Å². The number of ether oxygens (including phenoxy) is 1. The van der Waals surface area contributed by atoms with Crippen LogP contribution in [0.25, 0.3) is 22.6 Å². The van der Waals surface area contributed by atoms with E-state index in [4.69, 9.17) is 9.15 Å². The van der Waals surface area contributed by atoms with Gasteiger partial charge >= 0.3 is 5.97 Å². The molecule has 5 nitrogen and oxygen atoms in total. The summed E-state index contributed by atoms with van der Waals surface area (Å²) in [4.78, 5) is 20.7. The average Bonchev–Trinajstić information content (AvgIpc) is 3.16. The molecule has 0 amide bonds. The van der Waals surface area contributed by atoms with Gasteiger partial charge in [-0.1, -0.05) is 18.2 Å². The van der Waals surface area contributed by atoms with Gasteiger partial charge in [0.1, 0.15) is 5.52 Å². The number of oxazole rings is 1. The minimum absolute atomic E-state index is 0.353. The minimum Gasteiger partial charge on any atom is -0.465 e. The minimum atomic E-state index is -0.353. The maximum absolute atomic E-state index is 11.5. The molecule has 0 saturated carbocycles. The predicted octanol–water partition coefficient (Wildman–Crippen LogP) is 5.65. The van der Waals surface area contributed by atoms with Gasteiger partial charge in [-0.3, -0.25) is 4.99 Å². The second kappa shape index (κ2) is 7.72. The summed E-state index contributed by atoms with van der Waals surface area (Å²) in [6, 6.07) is 19.0. The van der Waals surface area contributed by atoms with E-state index in [1.807, 2.05) is 62.4 Å². The fraction of sp³-hybridized carbons (Fsp3) is 0.125. The molecule has 0 unspecified atom stereocenters. The molecular weight excluding hydrogens is 364 g/mol. The van der Waals surface area contributed by atoms with Crippen molar-refractivity contribution in [1.29, 1.82) is 0 Å². The first-order valence-corrected chi connectivity index (χ1v) is 9.24. The Kier molecular flexibility index (Phi) is 4.96. The normalized spacial score (nSPS) is 11.3. The van der Waals surface area contributed by atoms with Crippen LogP contribution >= 0.6 is 0 Å². The molecule has 5 heteroatoms. The Bertz CT molecular complexity index is 1220. The van der Waals surface area contributed by atoms with E-state index in [0.29, 0.717) is 11.5 Å². The molecular formula is C24H20N2O3. The molecule has 29 heavy (non-hydrogen) atoms. The van der Waals surface area contributed by atoms with Gasteiger partial charge in [0.25, 0.3) is 0 Å². The highest BCUT2D eigenvalue weighted by Crippen LogP contribution is 2.29. The van der Waals surface area contributed by atoms with E-state index >= 15 is 0 Å². The van der Waals surface area contributed by atoms with Gasteiger partial charge in [-0.2, -0.15) is 0 Å². The largest absolute Gasteiger partial charge is 0.465 e. The van der Waals surface area contributed by atoms with Crippen molar-refractivity contribution < 1.29 is 13.9 Å². The summed E-state index contributed by atoms with van der Waals surface area (Å²) >= 11 is 0. The van der Waals surface area contributed by atoms with Crippen LogP contribution in [-0.4, -0.2) is 24.3 Å². The number of aliphatic imine (C=N–C) groups is 1. The molecule has 1 heterocycles. The number of fused-ring (bicyclic) bond motifs is 1. The molecule has 0 radical (unpaired) electrons. The van der Waals surface area contributed by atoms with Gasteiger partial charge in [-0.05, 0) is 73.0 Å². The zero-order chi connectivity index (χ0) is 20.4. The van der Waals surface area contributed by atoms with E-state index < -0.39 is 0 Å². The Labute approximate surface area is 168 Å². The number of aryl methyl sites for hydroxylation is 2. The van der Waals surface area contributed by atoms with Crippen molar-refractivity contribution in [3.8, 4) is 11.5 Å². The molecule has 0 bridgehead atoms. The summed E-state index contributed by atoms with van der Waals surface area (Å²) < 4.78 is 10.6. The number of carbonyl (C=O) groups is 1. The van der Waals surface area contributed by atoms with E-state index in [1.54, 1.807) is 18.3 Å². The Hall–Kier alpha value is -3.73. The molecule has 0 saturated heterocycles. The lowest BCUT2D eigenvalue weighted by atomic mass is 10.1. The van der Waals surface area contributed by atoms with Crippen LogP contribution < -0.4 is 0 Å². The smallest absolute Gasteiger partial charge is 0.337 e. The second-order valence-corrected chi connectivity index (χ2v) is 6.86. The van der Waals surface area contributed by atoms with Gasteiger partial charge in [0, 0.05) is 11.8 Å². The number of esters is 1. The van der Waals surface area contributed by atoms with Crippen LogP contribution in [0.15, 0.2) is 70.1 Å². The number of rotatable bonds is 4. The Balaban J connectivity index is 1.56. The summed E-state index contributed by atoms with van der Waals surface area (Å²) in [5.41, 5.74) is 6.99. The maximum Gasteiger partial charge on any atom is 0.337 e. The molecule has 0 aliphatic rings. The SMILES string of the molecule is COC(=O)c1ccc(C=Nc2ccc(-c3nc4cc(C)ccc4o3)cc2C)cc1. The molecule has 3 aromatic carbocycles. The first kappa shape index (κ1) is 18.6. The van der Waals surface area contributed by atoms with E-state index in [9.17, 15) is 4.79 Å². The molecule has 0 fully saturated rings. The topological polar surface area (TPSA) is 64.7 Å². The first-order valence-electron chi connectivity index (χ1n) is 9.24. The van der Waals surface area contributed by atoms with Crippen molar-refractivity contribution in [3.63, 3.8) is 0 Å². The highest BCUT2D eigenvalue weighted by atomic mass is 16.5. The van der Waals surface area contributed by atoms with Crippen molar-refractivity contribution in [2.75, 3.05) is 7.11 Å². The van der Waals surface area contributed by atoms with Crippen molar-refractivity contribution in [1.82, 2.24) is 4.98 Å². The summed E-state index contributed by atoms with van der Waals surface area (Å²) in [6.45, 7) is 4.04. The van der Waals surface area contributed by atoms with E-state index in [1.165, 1.54) is 7.11 Å². The molecule has 0 aliphatic heterocycles. The number of methoxy groups -OCH3 is 1. The summed E-state index contributed by atoms with van der Waals surface area (Å²) in [5.74, 6) is 0.247. The van der Waals surface area contributed by atoms with Crippen LogP contribution in [0.2, 0.25) is 0 Å². The van der Waals surface area contributed by atoms with E-state index in [0.717, 1.165) is 39.0 Å². The van der Waals surface area contributed by atoms with E-state index in [2.05, 4.69) is 9.98 Å². The number of benzene rings is 3. The third-order valence-corrected chi connectivity index (χ3v) is 4.67. The molecule has 0 N–H and O–H groups in total. The second-order valence-electron chi connectivity index (χ2n) is 6.86. The van der Waals surface area contributed by atoms with Crippen LogP contribution in [-0.2, 0) is 4.74 Å². The number of hydrogen-bond acceptors (Lipinski definition) is 5. The molecule has 0 atom stereocenters. The summed E-state index contributed by atoms with van der Waals surface area (Å²) in [6.07, 6.45) is 1.77. The van der Waals surface area contributed by atoms with Gasteiger partial charge in [-0.25, -0.2) is 9.78 Å². The van der Waals surface area contributed by atoms with Crippen molar-refractivity contribution in [2.45, 2.75) is 13.8 Å². The fourth-order valence-electron chi connectivity index (χ4n) is 3.06. The van der Waals surface area contributed by atoms with Gasteiger partial charge in [0.15, 0.2) is 5.58 Å². The molecule has 0 aliphatic carbocycles. The summed E-state index contributed by atoms with van der Waals surface area (Å²) in [5, 5.41) is 0. The first-order chi connectivity index (χ1) is 14.0. The van der Waals surface area contributed by atoms with E-state index in [-0.39, 0.29) is 5.97 Å². The predicted molar refractivity (Wildman–Crippen MR) is 114 cm³/mol. The number of aromatic nitrogens is 1. The number of nitrogens with zero attached hydrogens (tertiary/aromatic N) is 2. The summed E-state index contributed by atoms with van der Waals surface area (Å²) in [7, 11) is 1.37. The molecule has 4 rings (SSSR count). The molecule has 4 aromatic rings. The monoisotopic (exact) mass is 384 g/mol. The molecule has 144 valence electrons. The zero-order valence-corrected chi connectivity index (χ0v) is 16.5. The van der Waals surface area contributed by atoms with Crippen LogP contribution in [0, 0.1) is 13.8 Å². The Morgan fingerprint density at radius 2 is 1.83 bits per heavy atom. The number of carbonyl (C=O) groups excluding carboxylic acids is 1. The van der Waals surface area contributed by atoms with Gasteiger partial charge in [-0.15, -0.1) is 0 Å². The lowest BCUT2D eigenvalue weighted by molar-refractivity contribution is 0.0600. The van der Waals surface area contributed by atoms with Crippen LogP contribution in [0.1, 0.15) is 27.0 Å². The average molecular weight is 384 g/mol. The van der Waals surface area contributed by atoms with Crippen LogP contribution in [0.5, 0.6) is 0 Å². The number of hydrogen-bond donors (Lipinski definition) is 0.